The molecule has 6 heteroatoms. The number of halogens is 1. The Labute approximate surface area is 177 Å². The maximum absolute atomic E-state index is 5.59. The molecule has 0 saturated heterocycles. The number of hydrogen-bond acceptors (Lipinski definition) is 3. The second-order valence-corrected chi connectivity index (χ2v) is 6.79. The second-order valence-electron chi connectivity index (χ2n) is 6.79. The highest BCUT2D eigenvalue weighted by Crippen LogP contribution is 2.14. The van der Waals surface area contributed by atoms with Crippen molar-refractivity contribution in [3.8, 4) is 0 Å². The van der Waals surface area contributed by atoms with Crippen molar-refractivity contribution in [3.05, 3.63) is 35.9 Å². The first kappa shape index (κ1) is 25.1. The number of hydrogen-bond donors (Lipinski definition) is 2. The van der Waals surface area contributed by atoms with Crippen LogP contribution in [0, 0.1) is 0 Å². The molecule has 150 valence electrons. The molecule has 0 fully saturated rings. The first-order valence-electron chi connectivity index (χ1n) is 9.27. The Morgan fingerprint density at radius 3 is 2.19 bits per heavy atom. The van der Waals surface area contributed by atoms with Gasteiger partial charge in [0.05, 0.1) is 6.10 Å². The van der Waals surface area contributed by atoms with E-state index in [-0.39, 0.29) is 30.1 Å². The summed E-state index contributed by atoms with van der Waals surface area (Å²) in [4.78, 5) is 6.81. The molecule has 26 heavy (non-hydrogen) atoms. The van der Waals surface area contributed by atoms with E-state index >= 15 is 0 Å². The summed E-state index contributed by atoms with van der Waals surface area (Å²) in [5.41, 5.74) is 1.16. The minimum atomic E-state index is 0. The summed E-state index contributed by atoms with van der Waals surface area (Å²) < 4.78 is 5.59. The quantitative estimate of drug-likeness (QED) is 0.234. The monoisotopic (exact) mass is 476 g/mol. The fourth-order valence-electron chi connectivity index (χ4n) is 3.00. The summed E-state index contributed by atoms with van der Waals surface area (Å²) >= 11 is 0. The number of nitrogens with zero attached hydrogens (tertiary/aromatic N) is 2. The maximum Gasteiger partial charge on any atom is 0.191 e. The van der Waals surface area contributed by atoms with Gasteiger partial charge in [0, 0.05) is 45.9 Å². The van der Waals surface area contributed by atoms with Crippen LogP contribution in [-0.4, -0.2) is 56.7 Å². The van der Waals surface area contributed by atoms with Gasteiger partial charge in [0.15, 0.2) is 5.96 Å². The van der Waals surface area contributed by atoms with Crippen molar-refractivity contribution in [1.82, 2.24) is 15.5 Å². The molecule has 0 bridgehead atoms. The third-order valence-electron chi connectivity index (χ3n) is 4.35. The molecule has 0 heterocycles. The van der Waals surface area contributed by atoms with Crippen molar-refractivity contribution in [3.63, 3.8) is 0 Å². The van der Waals surface area contributed by atoms with Gasteiger partial charge < -0.3 is 15.4 Å². The van der Waals surface area contributed by atoms with Gasteiger partial charge in [0.1, 0.15) is 0 Å². The summed E-state index contributed by atoms with van der Waals surface area (Å²) in [6.07, 6.45) is 1.10. The molecule has 0 saturated carbocycles. The normalized spacial score (nSPS) is 13.0. The topological polar surface area (TPSA) is 48.9 Å². The first-order valence-corrected chi connectivity index (χ1v) is 9.27. The lowest BCUT2D eigenvalue weighted by Crippen LogP contribution is -2.42. The summed E-state index contributed by atoms with van der Waals surface area (Å²) in [6, 6.07) is 11.4. The Balaban J connectivity index is 0.00000625. The molecule has 2 N–H and O–H groups in total. The average molecular weight is 476 g/mol. The zero-order chi connectivity index (χ0) is 18.7. The molecule has 0 aliphatic carbocycles. The molecular weight excluding hydrogens is 439 g/mol. The van der Waals surface area contributed by atoms with Gasteiger partial charge in [-0.3, -0.25) is 9.89 Å². The Morgan fingerprint density at radius 1 is 1.08 bits per heavy atom. The molecule has 5 nitrogen and oxygen atoms in total. The highest BCUT2D eigenvalue weighted by atomic mass is 127. The van der Waals surface area contributed by atoms with E-state index < -0.39 is 0 Å². The van der Waals surface area contributed by atoms with Gasteiger partial charge in [0.25, 0.3) is 0 Å². The van der Waals surface area contributed by atoms with Gasteiger partial charge in [-0.1, -0.05) is 30.3 Å². The maximum atomic E-state index is 5.59. The van der Waals surface area contributed by atoms with Crippen LogP contribution in [0.25, 0.3) is 0 Å². The molecule has 0 radical (unpaired) electrons. The third kappa shape index (κ3) is 9.19. The molecule has 0 aliphatic rings. The van der Waals surface area contributed by atoms with E-state index in [0.29, 0.717) is 18.6 Å². The Hall–Kier alpha value is -0.860. The molecule has 1 aromatic rings. The number of methoxy groups -OCH3 is 1. The summed E-state index contributed by atoms with van der Waals surface area (Å²) in [5, 5.41) is 6.74. The highest BCUT2D eigenvalue weighted by molar-refractivity contribution is 14.0. The van der Waals surface area contributed by atoms with Crippen molar-refractivity contribution >= 4 is 29.9 Å². The minimum absolute atomic E-state index is 0. The van der Waals surface area contributed by atoms with Gasteiger partial charge in [-0.25, -0.2) is 0 Å². The van der Waals surface area contributed by atoms with E-state index in [2.05, 4.69) is 60.4 Å². The number of ether oxygens (including phenoxy) is 1. The number of guanidine groups is 1. The van der Waals surface area contributed by atoms with Gasteiger partial charge in [0.2, 0.25) is 0 Å². The van der Waals surface area contributed by atoms with Crippen LogP contribution in [0.3, 0.4) is 0 Å². The molecule has 1 rings (SSSR count). The van der Waals surface area contributed by atoms with Gasteiger partial charge in [-0.15, -0.1) is 24.0 Å². The summed E-state index contributed by atoms with van der Waals surface area (Å²) in [6.45, 7) is 11.7. The Morgan fingerprint density at radius 2 is 1.69 bits per heavy atom. The van der Waals surface area contributed by atoms with E-state index in [1.54, 1.807) is 14.2 Å². The smallest absolute Gasteiger partial charge is 0.191 e. The van der Waals surface area contributed by atoms with Crippen molar-refractivity contribution < 1.29 is 4.74 Å². The van der Waals surface area contributed by atoms with E-state index in [9.17, 15) is 0 Å². The molecule has 1 atom stereocenters. The predicted molar refractivity (Wildman–Crippen MR) is 123 cm³/mol. The molecule has 0 amide bonds. The zero-order valence-corrected chi connectivity index (χ0v) is 19.5. The standard InChI is InChI=1S/C20H36N4O.HI/c1-16(2)24(17(3)4)14-10-13-22-20(21-5)23-15-19(25-6)18-11-8-7-9-12-18;/h7-9,11-12,16-17,19H,10,13-15H2,1-6H3,(H2,21,22,23);1H. The van der Waals surface area contributed by atoms with Crippen LogP contribution in [0.15, 0.2) is 35.3 Å². The van der Waals surface area contributed by atoms with Gasteiger partial charge in [-0.2, -0.15) is 0 Å². The van der Waals surface area contributed by atoms with Crippen LogP contribution in [0.1, 0.15) is 45.8 Å². The fourth-order valence-corrected chi connectivity index (χ4v) is 3.00. The van der Waals surface area contributed by atoms with Crippen LogP contribution in [0.2, 0.25) is 0 Å². The Kier molecular flexibility index (Phi) is 13.8. The van der Waals surface area contributed by atoms with Crippen LogP contribution in [0.4, 0.5) is 0 Å². The van der Waals surface area contributed by atoms with Crippen molar-refractivity contribution in [2.45, 2.75) is 52.3 Å². The third-order valence-corrected chi connectivity index (χ3v) is 4.35. The number of nitrogens with one attached hydrogen (secondary N) is 2. The van der Waals surface area contributed by atoms with Crippen molar-refractivity contribution in [1.29, 1.82) is 0 Å². The lowest BCUT2D eigenvalue weighted by atomic mass is 10.1. The van der Waals surface area contributed by atoms with Crippen molar-refractivity contribution in [2.75, 3.05) is 33.8 Å². The van der Waals surface area contributed by atoms with Crippen LogP contribution in [0.5, 0.6) is 0 Å². The fraction of sp³-hybridized carbons (Fsp3) is 0.650. The molecule has 0 spiro atoms. The van der Waals surface area contributed by atoms with Gasteiger partial charge >= 0.3 is 0 Å². The zero-order valence-electron chi connectivity index (χ0n) is 17.2. The average Bonchev–Trinajstić information content (AvgIpc) is 2.60. The minimum Gasteiger partial charge on any atom is -0.375 e. The van der Waals surface area contributed by atoms with Gasteiger partial charge in [-0.05, 0) is 39.7 Å². The molecule has 0 aliphatic heterocycles. The molecule has 1 aromatic carbocycles. The Bertz CT molecular complexity index is 486. The van der Waals surface area contributed by atoms with E-state index in [1.165, 1.54) is 0 Å². The van der Waals surface area contributed by atoms with Crippen molar-refractivity contribution in [2.24, 2.45) is 4.99 Å². The first-order chi connectivity index (χ1) is 12.0. The SMILES string of the molecule is CN=C(NCCCN(C(C)C)C(C)C)NCC(OC)c1ccccc1.I. The molecule has 0 aromatic heterocycles. The summed E-state index contributed by atoms with van der Waals surface area (Å²) in [7, 11) is 3.54. The van der Waals surface area contributed by atoms with E-state index in [1.807, 2.05) is 18.2 Å². The van der Waals surface area contributed by atoms with Crippen LogP contribution < -0.4 is 10.6 Å². The van der Waals surface area contributed by atoms with Crippen LogP contribution >= 0.6 is 24.0 Å². The largest absolute Gasteiger partial charge is 0.375 e. The number of rotatable bonds is 10. The number of aliphatic imine (C=N–C) groups is 1. The second kappa shape index (κ2) is 14.2. The predicted octanol–water partition coefficient (Wildman–Crippen LogP) is 3.67. The highest BCUT2D eigenvalue weighted by Gasteiger charge is 2.13. The van der Waals surface area contributed by atoms with Crippen LogP contribution in [-0.2, 0) is 4.74 Å². The van der Waals surface area contributed by atoms with E-state index in [0.717, 1.165) is 31.0 Å². The molecule has 1 unspecified atom stereocenters. The van der Waals surface area contributed by atoms with E-state index in [4.69, 9.17) is 4.74 Å². The number of benzene rings is 1. The lowest BCUT2D eigenvalue weighted by molar-refractivity contribution is 0.106. The molecular formula is C20H37IN4O. The summed E-state index contributed by atoms with van der Waals surface area (Å²) in [5.74, 6) is 0.818. The lowest BCUT2D eigenvalue weighted by Gasteiger charge is -2.30.